The fourth-order valence-corrected chi connectivity index (χ4v) is 5.42. The normalized spacial score (nSPS) is 19.7. The van der Waals surface area contributed by atoms with E-state index in [1.165, 1.54) is 11.1 Å². The molecule has 11 heteroatoms. The fourth-order valence-electron chi connectivity index (χ4n) is 5.22. The van der Waals surface area contributed by atoms with Gasteiger partial charge in [-0.25, -0.2) is 9.97 Å². The Kier molecular flexibility index (Phi) is 8.20. The molecule has 2 heterocycles. The zero-order valence-corrected chi connectivity index (χ0v) is 23.1. The van der Waals surface area contributed by atoms with Gasteiger partial charge < -0.3 is 30.5 Å². The van der Waals surface area contributed by atoms with Gasteiger partial charge in [-0.1, -0.05) is 35.9 Å². The van der Waals surface area contributed by atoms with E-state index in [1.807, 2.05) is 12.1 Å². The molecule has 2 aliphatic rings. The first-order valence-corrected chi connectivity index (χ1v) is 13.6. The SMILES string of the molecule is COc1cccc(C(CO)NC(=O)C(C)N2Cc3ccc(-c4nc(N[C@H]5CC[C@H](O)C5)ncc4Cl)cc3C2=O)c1. The molecule has 10 nitrogen and oxygen atoms in total. The summed E-state index contributed by atoms with van der Waals surface area (Å²) in [5.74, 6) is 0.370. The molecule has 4 N–H and O–H groups in total. The Morgan fingerprint density at radius 3 is 2.80 bits per heavy atom. The summed E-state index contributed by atoms with van der Waals surface area (Å²) < 4.78 is 5.25. The highest BCUT2D eigenvalue weighted by atomic mass is 35.5. The maximum atomic E-state index is 13.4. The third-order valence-electron chi connectivity index (χ3n) is 7.54. The number of aromatic nitrogens is 2. The number of aliphatic hydroxyl groups is 2. The average Bonchev–Trinajstić information content (AvgIpc) is 3.53. The number of methoxy groups -OCH3 is 1. The number of aliphatic hydroxyl groups excluding tert-OH is 2. The van der Waals surface area contributed by atoms with Crippen LogP contribution in [0.4, 0.5) is 5.95 Å². The van der Waals surface area contributed by atoms with Crippen molar-refractivity contribution in [3.05, 3.63) is 70.4 Å². The molecule has 5 rings (SSSR count). The molecule has 40 heavy (non-hydrogen) atoms. The Hall–Kier alpha value is -3.73. The molecule has 0 spiro atoms. The lowest BCUT2D eigenvalue weighted by molar-refractivity contribution is -0.126. The van der Waals surface area contributed by atoms with Crippen LogP contribution >= 0.6 is 11.6 Å². The quantitative estimate of drug-likeness (QED) is 0.310. The van der Waals surface area contributed by atoms with Crippen LogP contribution in [-0.2, 0) is 11.3 Å². The number of fused-ring (bicyclic) bond motifs is 1. The third-order valence-corrected chi connectivity index (χ3v) is 7.82. The molecule has 1 aliphatic heterocycles. The first kappa shape index (κ1) is 27.8. The van der Waals surface area contributed by atoms with Crippen LogP contribution < -0.4 is 15.4 Å². The van der Waals surface area contributed by atoms with Gasteiger partial charge >= 0.3 is 0 Å². The maximum Gasteiger partial charge on any atom is 0.255 e. The van der Waals surface area contributed by atoms with E-state index >= 15 is 0 Å². The summed E-state index contributed by atoms with van der Waals surface area (Å²) >= 11 is 6.44. The Morgan fingerprint density at radius 2 is 2.08 bits per heavy atom. The van der Waals surface area contributed by atoms with Crippen LogP contribution in [0.1, 0.15) is 53.7 Å². The van der Waals surface area contributed by atoms with Crippen molar-refractivity contribution in [1.29, 1.82) is 0 Å². The van der Waals surface area contributed by atoms with Gasteiger partial charge in [0.2, 0.25) is 11.9 Å². The molecule has 2 unspecified atom stereocenters. The Bertz CT molecular complexity index is 1420. The molecule has 0 bridgehead atoms. The van der Waals surface area contributed by atoms with Crippen molar-refractivity contribution < 1.29 is 24.5 Å². The molecule has 1 aliphatic carbocycles. The van der Waals surface area contributed by atoms with Crippen LogP contribution in [0.15, 0.2) is 48.7 Å². The number of ether oxygens (including phenoxy) is 1. The number of halogens is 1. The van der Waals surface area contributed by atoms with Crippen LogP contribution in [0, 0.1) is 0 Å². The van der Waals surface area contributed by atoms with Gasteiger partial charge in [-0.3, -0.25) is 9.59 Å². The van der Waals surface area contributed by atoms with Gasteiger partial charge in [0, 0.05) is 23.7 Å². The minimum Gasteiger partial charge on any atom is -0.497 e. The first-order valence-electron chi connectivity index (χ1n) is 13.2. The van der Waals surface area contributed by atoms with E-state index < -0.39 is 12.1 Å². The minimum atomic E-state index is -0.775. The van der Waals surface area contributed by atoms with E-state index in [1.54, 1.807) is 44.4 Å². The van der Waals surface area contributed by atoms with E-state index in [4.69, 9.17) is 16.3 Å². The first-order chi connectivity index (χ1) is 19.3. The molecule has 4 atom stereocenters. The van der Waals surface area contributed by atoms with Crippen molar-refractivity contribution in [2.45, 2.75) is 57.0 Å². The summed E-state index contributed by atoms with van der Waals surface area (Å²) in [7, 11) is 1.55. The summed E-state index contributed by atoms with van der Waals surface area (Å²) in [6, 6.07) is 11.2. The van der Waals surface area contributed by atoms with Crippen molar-refractivity contribution in [3.8, 4) is 17.0 Å². The number of carbonyl (C=O) groups excluding carboxylic acids is 2. The van der Waals surface area contributed by atoms with Crippen LogP contribution in [0.3, 0.4) is 0 Å². The molecule has 2 aromatic carbocycles. The van der Waals surface area contributed by atoms with Crippen molar-refractivity contribution in [2.75, 3.05) is 19.0 Å². The minimum absolute atomic E-state index is 0.0844. The second-order valence-corrected chi connectivity index (χ2v) is 10.6. The Morgan fingerprint density at radius 1 is 1.25 bits per heavy atom. The second kappa shape index (κ2) is 11.8. The van der Waals surface area contributed by atoms with Crippen molar-refractivity contribution >= 4 is 29.4 Å². The number of rotatable bonds is 9. The van der Waals surface area contributed by atoms with E-state index in [0.29, 0.717) is 45.5 Å². The number of nitrogens with one attached hydrogen (secondary N) is 2. The molecule has 210 valence electrons. The predicted molar refractivity (Wildman–Crippen MR) is 150 cm³/mol. The standard InChI is InChI=1S/C29H32ClN5O5/c1-16(27(38)33-25(15-36)17-4-3-5-22(10-17)40-2)35-14-19-7-6-18(11-23(19)28(35)39)26-24(30)13-31-29(34-26)32-20-8-9-21(37)12-20/h3-7,10-11,13,16,20-21,25,36-37H,8-9,12,14-15H2,1-2H3,(H,33,38)(H,31,32,34)/t16?,20-,21-,25?/m0/s1. The van der Waals surface area contributed by atoms with Crippen LogP contribution in [0.5, 0.6) is 5.75 Å². The second-order valence-electron chi connectivity index (χ2n) is 10.2. The van der Waals surface area contributed by atoms with E-state index in [0.717, 1.165) is 18.4 Å². The number of carbonyl (C=O) groups is 2. The van der Waals surface area contributed by atoms with Crippen LogP contribution in [-0.4, -0.2) is 68.8 Å². The van der Waals surface area contributed by atoms with E-state index in [2.05, 4.69) is 20.6 Å². The summed E-state index contributed by atoms with van der Waals surface area (Å²) in [4.78, 5) is 36.9. The van der Waals surface area contributed by atoms with E-state index in [9.17, 15) is 19.8 Å². The zero-order chi connectivity index (χ0) is 28.4. The highest BCUT2D eigenvalue weighted by Crippen LogP contribution is 2.33. The molecule has 0 radical (unpaired) electrons. The van der Waals surface area contributed by atoms with Gasteiger partial charge in [0.05, 0.1) is 42.8 Å². The monoisotopic (exact) mass is 565 g/mol. The van der Waals surface area contributed by atoms with Crippen molar-refractivity contribution in [2.24, 2.45) is 0 Å². The molecule has 3 aromatic rings. The predicted octanol–water partition coefficient (Wildman–Crippen LogP) is 3.33. The molecule has 1 aromatic heterocycles. The molecular formula is C29H32ClN5O5. The number of benzene rings is 2. The summed E-state index contributed by atoms with van der Waals surface area (Å²) in [6.45, 7) is 1.64. The Balaban J connectivity index is 1.30. The van der Waals surface area contributed by atoms with Gasteiger partial charge in [0.25, 0.3) is 5.91 Å². The lowest BCUT2D eigenvalue weighted by atomic mass is 10.0. The fraction of sp³-hybridized carbons (Fsp3) is 0.379. The molecule has 1 fully saturated rings. The van der Waals surface area contributed by atoms with Crippen LogP contribution in [0.2, 0.25) is 5.02 Å². The van der Waals surface area contributed by atoms with Gasteiger partial charge in [-0.15, -0.1) is 0 Å². The molecular weight excluding hydrogens is 534 g/mol. The smallest absolute Gasteiger partial charge is 0.255 e. The van der Waals surface area contributed by atoms with Crippen molar-refractivity contribution in [3.63, 3.8) is 0 Å². The number of anilines is 1. The lowest BCUT2D eigenvalue weighted by Gasteiger charge is -2.26. The number of hydrogen-bond donors (Lipinski definition) is 4. The highest BCUT2D eigenvalue weighted by molar-refractivity contribution is 6.33. The van der Waals surface area contributed by atoms with Gasteiger partial charge in [0.15, 0.2) is 0 Å². The third kappa shape index (κ3) is 5.74. The number of nitrogens with zero attached hydrogens (tertiary/aromatic N) is 3. The van der Waals surface area contributed by atoms with Gasteiger partial charge in [0.1, 0.15) is 11.8 Å². The zero-order valence-electron chi connectivity index (χ0n) is 22.3. The summed E-state index contributed by atoms with van der Waals surface area (Å²) in [5.41, 5.74) is 3.12. The van der Waals surface area contributed by atoms with Gasteiger partial charge in [-0.05, 0) is 55.5 Å². The van der Waals surface area contributed by atoms with Crippen LogP contribution in [0.25, 0.3) is 11.3 Å². The maximum absolute atomic E-state index is 13.4. The van der Waals surface area contributed by atoms with Crippen molar-refractivity contribution in [1.82, 2.24) is 20.2 Å². The van der Waals surface area contributed by atoms with E-state index in [-0.39, 0.29) is 37.1 Å². The molecule has 0 saturated heterocycles. The summed E-state index contributed by atoms with van der Waals surface area (Å²) in [5, 5.41) is 26.2. The lowest BCUT2D eigenvalue weighted by Crippen LogP contribution is -2.46. The topological polar surface area (TPSA) is 137 Å². The van der Waals surface area contributed by atoms with Gasteiger partial charge in [-0.2, -0.15) is 0 Å². The Labute approximate surface area is 237 Å². The number of amides is 2. The largest absolute Gasteiger partial charge is 0.497 e. The molecule has 1 saturated carbocycles. The average molecular weight is 566 g/mol. The summed E-state index contributed by atoms with van der Waals surface area (Å²) in [6.07, 6.45) is 3.39. The highest BCUT2D eigenvalue weighted by Gasteiger charge is 2.35. The molecule has 2 amide bonds. The number of hydrogen-bond acceptors (Lipinski definition) is 8.